The molecule has 1 fully saturated rings. The predicted octanol–water partition coefficient (Wildman–Crippen LogP) is 5.47. The van der Waals surface area contributed by atoms with Gasteiger partial charge < -0.3 is 5.11 Å². The lowest BCUT2D eigenvalue weighted by Gasteiger charge is -2.32. The molecule has 0 amide bonds. The van der Waals surface area contributed by atoms with Gasteiger partial charge in [-0.15, -0.1) is 0 Å². The summed E-state index contributed by atoms with van der Waals surface area (Å²) in [5, 5.41) is 10.1. The third-order valence-corrected chi connectivity index (χ3v) is 4.63. The van der Waals surface area contributed by atoms with Crippen LogP contribution < -0.4 is 0 Å². The smallest absolute Gasteiger partial charge is 0.391 e. The maximum atomic E-state index is 12.6. The second kappa shape index (κ2) is 8.91. The minimum absolute atomic E-state index is 0.0873. The maximum Gasteiger partial charge on any atom is 0.391 e. The number of hydrogen-bond acceptors (Lipinski definition) is 1. The molecule has 1 aliphatic carbocycles. The molecule has 0 aromatic rings. The molecule has 1 rings (SSSR count). The van der Waals surface area contributed by atoms with Crippen LogP contribution in [0.1, 0.15) is 77.6 Å². The number of hydrogen-bond donors (Lipinski definition) is 1. The van der Waals surface area contributed by atoms with Crippen LogP contribution in [0.4, 0.5) is 13.2 Å². The van der Waals surface area contributed by atoms with Gasteiger partial charge in [-0.25, -0.2) is 0 Å². The number of unbranched alkanes of at least 4 members (excludes halogenated alkanes) is 5. The third-order valence-electron chi connectivity index (χ3n) is 4.63. The Morgan fingerprint density at radius 2 is 1.50 bits per heavy atom. The molecule has 20 heavy (non-hydrogen) atoms. The molecular weight excluding hydrogens is 265 g/mol. The van der Waals surface area contributed by atoms with E-state index in [9.17, 15) is 18.3 Å². The zero-order valence-corrected chi connectivity index (χ0v) is 12.6. The minimum Gasteiger partial charge on any atom is -0.393 e. The molecule has 120 valence electrons. The minimum atomic E-state index is -4.05. The molecule has 0 heterocycles. The number of rotatable bonds is 8. The lowest BCUT2D eigenvalue weighted by Crippen LogP contribution is -2.32. The van der Waals surface area contributed by atoms with Crippen LogP contribution in [0.2, 0.25) is 0 Å². The van der Waals surface area contributed by atoms with Gasteiger partial charge in [-0.2, -0.15) is 13.2 Å². The summed E-state index contributed by atoms with van der Waals surface area (Å²) in [6, 6.07) is 0. The van der Waals surface area contributed by atoms with Crippen molar-refractivity contribution >= 4 is 0 Å². The Morgan fingerprint density at radius 3 is 2.05 bits per heavy atom. The largest absolute Gasteiger partial charge is 0.393 e. The summed E-state index contributed by atoms with van der Waals surface area (Å²) in [6.45, 7) is 2.18. The standard InChI is InChI=1S/C16H29F3O/c1-2-3-4-5-6-7-8-15(20)13-9-11-14(12-10-13)16(17,18)19/h13-15,20H,2-12H2,1H3. The highest BCUT2D eigenvalue weighted by molar-refractivity contribution is 4.80. The molecule has 1 saturated carbocycles. The van der Waals surface area contributed by atoms with Crippen molar-refractivity contribution in [2.45, 2.75) is 89.8 Å². The van der Waals surface area contributed by atoms with Crippen molar-refractivity contribution in [1.82, 2.24) is 0 Å². The summed E-state index contributed by atoms with van der Waals surface area (Å²) in [5.74, 6) is -1.05. The van der Waals surface area contributed by atoms with Crippen LogP contribution in [0, 0.1) is 11.8 Å². The van der Waals surface area contributed by atoms with Gasteiger partial charge in [0, 0.05) is 0 Å². The molecule has 1 nitrogen and oxygen atoms in total. The lowest BCUT2D eigenvalue weighted by molar-refractivity contribution is -0.185. The van der Waals surface area contributed by atoms with Crippen LogP contribution in [0.5, 0.6) is 0 Å². The molecule has 0 aromatic heterocycles. The molecular formula is C16H29F3O. The number of alkyl halides is 3. The first-order chi connectivity index (χ1) is 9.45. The highest BCUT2D eigenvalue weighted by atomic mass is 19.4. The van der Waals surface area contributed by atoms with Crippen molar-refractivity contribution in [1.29, 1.82) is 0 Å². The second-order valence-corrected chi connectivity index (χ2v) is 6.28. The van der Waals surface area contributed by atoms with Crippen LogP contribution in [0.25, 0.3) is 0 Å². The van der Waals surface area contributed by atoms with E-state index < -0.39 is 18.2 Å². The van der Waals surface area contributed by atoms with E-state index in [-0.39, 0.29) is 18.8 Å². The van der Waals surface area contributed by atoms with Gasteiger partial charge >= 0.3 is 6.18 Å². The van der Waals surface area contributed by atoms with E-state index in [1.54, 1.807) is 0 Å². The van der Waals surface area contributed by atoms with Gasteiger partial charge in [0.2, 0.25) is 0 Å². The maximum absolute atomic E-state index is 12.6. The molecule has 0 radical (unpaired) electrons. The van der Waals surface area contributed by atoms with Crippen LogP contribution in [0.3, 0.4) is 0 Å². The SMILES string of the molecule is CCCCCCCCC(O)C1CCC(C(F)(F)F)CC1. The van der Waals surface area contributed by atoms with Gasteiger partial charge in [0.05, 0.1) is 12.0 Å². The highest BCUT2D eigenvalue weighted by Crippen LogP contribution is 2.40. The first-order valence-electron chi connectivity index (χ1n) is 8.20. The average Bonchev–Trinajstić information content (AvgIpc) is 2.41. The predicted molar refractivity (Wildman–Crippen MR) is 75.5 cm³/mol. The molecule has 1 atom stereocenters. The van der Waals surface area contributed by atoms with Crippen LogP contribution in [0.15, 0.2) is 0 Å². The Kier molecular flexibility index (Phi) is 7.93. The average molecular weight is 294 g/mol. The summed E-state index contributed by atoms with van der Waals surface area (Å²) >= 11 is 0. The fourth-order valence-electron chi connectivity index (χ4n) is 3.20. The number of halogens is 3. The van der Waals surface area contributed by atoms with Crippen LogP contribution in [-0.2, 0) is 0 Å². The highest BCUT2D eigenvalue weighted by Gasteiger charge is 2.42. The first-order valence-corrected chi connectivity index (χ1v) is 8.20. The summed E-state index contributed by atoms with van der Waals surface area (Å²) in [6.07, 6.45) is 4.86. The molecule has 1 unspecified atom stereocenters. The van der Waals surface area contributed by atoms with Gasteiger partial charge in [-0.1, -0.05) is 45.4 Å². The molecule has 0 aliphatic heterocycles. The Labute approximate surface area is 120 Å². The summed E-state index contributed by atoms with van der Waals surface area (Å²) in [7, 11) is 0. The normalized spacial score (nSPS) is 25.6. The van der Waals surface area contributed by atoms with Gasteiger partial charge in [0.1, 0.15) is 0 Å². The van der Waals surface area contributed by atoms with E-state index in [0.717, 1.165) is 19.3 Å². The molecule has 1 N–H and O–H groups in total. The van der Waals surface area contributed by atoms with Crippen molar-refractivity contribution in [3.63, 3.8) is 0 Å². The molecule has 1 aliphatic rings. The summed E-state index contributed by atoms with van der Waals surface area (Å²) in [4.78, 5) is 0. The van der Waals surface area contributed by atoms with Gasteiger partial charge in [0.15, 0.2) is 0 Å². The van der Waals surface area contributed by atoms with E-state index in [2.05, 4.69) is 6.92 Å². The summed E-state index contributed by atoms with van der Waals surface area (Å²) < 4.78 is 37.7. The van der Waals surface area contributed by atoms with Crippen LogP contribution >= 0.6 is 0 Å². The van der Waals surface area contributed by atoms with Crippen molar-refractivity contribution in [3.8, 4) is 0 Å². The summed E-state index contributed by atoms with van der Waals surface area (Å²) in [5.41, 5.74) is 0. The van der Waals surface area contributed by atoms with Gasteiger partial charge in [-0.05, 0) is 38.0 Å². The fourth-order valence-corrected chi connectivity index (χ4v) is 3.20. The van der Waals surface area contributed by atoms with E-state index in [0.29, 0.717) is 12.8 Å². The van der Waals surface area contributed by atoms with E-state index in [1.165, 1.54) is 25.7 Å². The van der Waals surface area contributed by atoms with Gasteiger partial charge in [0.25, 0.3) is 0 Å². The van der Waals surface area contributed by atoms with Crippen LogP contribution in [-0.4, -0.2) is 17.4 Å². The van der Waals surface area contributed by atoms with Crippen molar-refractivity contribution in [3.05, 3.63) is 0 Å². The van der Waals surface area contributed by atoms with Crippen molar-refractivity contribution < 1.29 is 18.3 Å². The number of aliphatic hydroxyl groups is 1. The van der Waals surface area contributed by atoms with E-state index >= 15 is 0 Å². The Hall–Kier alpha value is -0.250. The topological polar surface area (TPSA) is 20.2 Å². The molecule has 0 bridgehead atoms. The zero-order chi connectivity index (χ0) is 15.0. The molecule has 0 saturated heterocycles. The quantitative estimate of drug-likeness (QED) is 0.589. The Bertz CT molecular complexity index is 245. The van der Waals surface area contributed by atoms with Gasteiger partial charge in [-0.3, -0.25) is 0 Å². The monoisotopic (exact) mass is 294 g/mol. The fraction of sp³-hybridized carbons (Fsp3) is 1.00. The Balaban J connectivity index is 2.11. The molecule has 4 heteroatoms. The van der Waals surface area contributed by atoms with Crippen molar-refractivity contribution in [2.24, 2.45) is 11.8 Å². The van der Waals surface area contributed by atoms with E-state index in [1.807, 2.05) is 0 Å². The zero-order valence-electron chi connectivity index (χ0n) is 12.6. The lowest BCUT2D eigenvalue weighted by atomic mass is 9.78. The molecule has 0 spiro atoms. The second-order valence-electron chi connectivity index (χ2n) is 6.28. The third kappa shape index (κ3) is 6.47. The Morgan fingerprint density at radius 1 is 0.950 bits per heavy atom. The number of aliphatic hydroxyl groups excluding tert-OH is 1. The molecule has 0 aromatic carbocycles. The van der Waals surface area contributed by atoms with Crippen molar-refractivity contribution in [2.75, 3.05) is 0 Å². The first kappa shape index (κ1) is 17.8. The van der Waals surface area contributed by atoms with E-state index in [4.69, 9.17) is 0 Å².